The van der Waals surface area contributed by atoms with Crippen molar-refractivity contribution in [2.45, 2.75) is 12.9 Å². The van der Waals surface area contributed by atoms with Gasteiger partial charge in [-0.25, -0.2) is 17.6 Å². The molecule has 0 aromatic carbocycles. The summed E-state index contributed by atoms with van der Waals surface area (Å²) in [6.07, 6.45) is -6.04. The van der Waals surface area contributed by atoms with Crippen LogP contribution in [0.1, 0.15) is 0 Å². The van der Waals surface area contributed by atoms with Gasteiger partial charge >= 0.3 is 0 Å². The Morgan fingerprint density at radius 1 is 1.00 bits per heavy atom. The van der Waals surface area contributed by atoms with Crippen molar-refractivity contribution in [2.75, 3.05) is 6.54 Å². The Labute approximate surface area is 49.8 Å². The molecule has 0 aromatic heterocycles. The highest BCUT2D eigenvalue weighted by molar-refractivity contribution is 4.63. The van der Waals surface area contributed by atoms with Gasteiger partial charge in [-0.2, -0.15) is 0 Å². The van der Waals surface area contributed by atoms with E-state index in [0.717, 1.165) is 0 Å². The lowest BCUT2D eigenvalue weighted by Gasteiger charge is -2.10. The van der Waals surface area contributed by atoms with Crippen LogP contribution in [0.4, 0.5) is 17.6 Å². The van der Waals surface area contributed by atoms with Gasteiger partial charge in [0.1, 0.15) is 0 Å². The molecule has 0 aromatic rings. The molecule has 0 radical (unpaired) electrons. The van der Waals surface area contributed by atoms with Gasteiger partial charge in [0.2, 0.25) is 12.9 Å². The summed E-state index contributed by atoms with van der Waals surface area (Å²) in [6.45, 7) is -0.671. The number of rotatable bonds is 3. The summed E-state index contributed by atoms with van der Waals surface area (Å²) in [5.74, 6) is -1.97. The van der Waals surface area contributed by atoms with Gasteiger partial charge in [0, 0.05) is 6.54 Å². The van der Waals surface area contributed by atoms with Gasteiger partial charge in [-0.05, 0) is 0 Å². The minimum Gasteiger partial charge on any atom is -0.330 e. The minimum absolute atomic E-state index is 0.671. The fourth-order valence-electron chi connectivity index (χ4n) is 0.316. The van der Waals surface area contributed by atoms with E-state index in [1.54, 1.807) is 0 Å². The van der Waals surface area contributed by atoms with Gasteiger partial charge in [-0.3, -0.25) is 0 Å². The van der Waals surface area contributed by atoms with Crippen molar-refractivity contribution in [3.63, 3.8) is 0 Å². The molecule has 0 saturated heterocycles. The van der Waals surface area contributed by atoms with Crippen molar-refractivity contribution in [1.82, 2.24) is 0 Å². The fourth-order valence-corrected chi connectivity index (χ4v) is 0.316. The second-order valence-electron chi connectivity index (χ2n) is 1.57. The molecule has 0 rings (SSSR count). The van der Waals surface area contributed by atoms with Crippen LogP contribution in [0.15, 0.2) is 0 Å². The monoisotopic (exact) mass is 145 g/mol. The zero-order valence-electron chi connectivity index (χ0n) is 4.53. The molecule has 0 fully saturated rings. The molecule has 56 valence electrons. The maximum atomic E-state index is 11.4. The molecule has 0 saturated carbocycles. The number of hydrogen-bond acceptors (Lipinski definition) is 1. The van der Waals surface area contributed by atoms with Crippen molar-refractivity contribution < 1.29 is 17.6 Å². The van der Waals surface area contributed by atoms with Crippen molar-refractivity contribution in [3.05, 3.63) is 0 Å². The van der Waals surface area contributed by atoms with Crippen LogP contribution >= 0.6 is 0 Å². The first-order valence-electron chi connectivity index (χ1n) is 2.36. The van der Waals surface area contributed by atoms with Crippen molar-refractivity contribution >= 4 is 0 Å². The molecule has 0 atom stereocenters. The van der Waals surface area contributed by atoms with E-state index in [2.05, 4.69) is 5.73 Å². The van der Waals surface area contributed by atoms with E-state index in [-0.39, 0.29) is 0 Å². The highest BCUT2D eigenvalue weighted by Gasteiger charge is 2.27. The van der Waals surface area contributed by atoms with Gasteiger partial charge in [-0.15, -0.1) is 0 Å². The first-order chi connectivity index (χ1) is 4.09. The van der Waals surface area contributed by atoms with E-state index >= 15 is 0 Å². The summed E-state index contributed by atoms with van der Waals surface area (Å²) < 4.78 is 45.6. The van der Waals surface area contributed by atoms with Gasteiger partial charge in [0.25, 0.3) is 0 Å². The van der Waals surface area contributed by atoms with Crippen molar-refractivity contribution in [1.29, 1.82) is 0 Å². The topological polar surface area (TPSA) is 26.0 Å². The van der Waals surface area contributed by atoms with E-state index < -0.39 is 25.3 Å². The van der Waals surface area contributed by atoms with Gasteiger partial charge in [0.15, 0.2) is 0 Å². The van der Waals surface area contributed by atoms with Gasteiger partial charge in [0.05, 0.1) is 5.92 Å². The Morgan fingerprint density at radius 2 is 1.33 bits per heavy atom. The number of halogens is 4. The van der Waals surface area contributed by atoms with Crippen LogP contribution in [0.3, 0.4) is 0 Å². The molecule has 0 amide bonds. The molecule has 0 aliphatic heterocycles. The van der Waals surface area contributed by atoms with Crippen LogP contribution in [0.25, 0.3) is 0 Å². The van der Waals surface area contributed by atoms with Gasteiger partial charge < -0.3 is 5.73 Å². The summed E-state index contributed by atoms with van der Waals surface area (Å²) in [6, 6.07) is 0. The van der Waals surface area contributed by atoms with E-state index in [0.29, 0.717) is 0 Å². The van der Waals surface area contributed by atoms with E-state index in [1.165, 1.54) is 0 Å². The van der Waals surface area contributed by atoms with E-state index in [4.69, 9.17) is 0 Å². The highest BCUT2D eigenvalue weighted by atomic mass is 19.3. The standard InChI is InChI=1S/C4H7F4N/c5-3(6)2(1-9)4(7)8/h2-4H,1,9H2. The van der Waals surface area contributed by atoms with Crippen LogP contribution in [0, 0.1) is 5.92 Å². The average Bonchev–Trinajstić information content (AvgIpc) is 1.64. The Hall–Kier alpha value is -0.320. The molecule has 5 heteroatoms. The average molecular weight is 145 g/mol. The molecular weight excluding hydrogens is 138 g/mol. The molecular formula is C4H7F4N. The number of nitrogens with two attached hydrogens (primary N) is 1. The third-order valence-corrected chi connectivity index (χ3v) is 0.919. The van der Waals surface area contributed by atoms with Crippen LogP contribution in [0.2, 0.25) is 0 Å². The Kier molecular flexibility index (Phi) is 3.53. The summed E-state index contributed by atoms with van der Waals surface area (Å²) in [4.78, 5) is 0. The molecule has 0 spiro atoms. The predicted molar refractivity (Wildman–Crippen MR) is 24.6 cm³/mol. The SMILES string of the molecule is NCC(C(F)F)C(F)F. The maximum absolute atomic E-state index is 11.4. The van der Waals surface area contributed by atoms with Crippen LogP contribution in [0.5, 0.6) is 0 Å². The normalized spacial score (nSPS) is 12.0. The third-order valence-electron chi connectivity index (χ3n) is 0.919. The lowest BCUT2D eigenvalue weighted by Crippen LogP contribution is -2.28. The maximum Gasteiger partial charge on any atom is 0.248 e. The second-order valence-corrected chi connectivity index (χ2v) is 1.57. The second kappa shape index (κ2) is 3.66. The number of hydrogen-bond donors (Lipinski definition) is 1. The minimum atomic E-state index is -3.02. The Morgan fingerprint density at radius 3 is 1.33 bits per heavy atom. The largest absolute Gasteiger partial charge is 0.330 e. The quantitative estimate of drug-likeness (QED) is 0.591. The smallest absolute Gasteiger partial charge is 0.248 e. The third kappa shape index (κ3) is 2.64. The first-order valence-corrected chi connectivity index (χ1v) is 2.36. The molecule has 0 bridgehead atoms. The van der Waals surface area contributed by atoms with Crippen molar-refractivity contribution in [2.24, 2.45) is 11.7 Å². The van der Waals surface area contributed by atoms with Gasteiger partial charge in [-0.1, -0.05) is 0 Å². The lowest BCUT2D eigenvalue weighted by atomic mass is 10.2. The first kappa shape index (κ1) is 8.68. The van der Waals surface area contributed by atoms with Crippen LogP contribution in [-0.4, -0.2) is 19.4 Å². The zero-order valence-corrected chi connectivity index (χ0v) is 4.53. The summed E-state index contributed by atoms with van der Waals surface area (Å²) >= 11 is 0. The molecule has 0 heterocycles. The predicted octanol–water partition coefficient (Wildman–Crippen LogP) is 1.09. The molecule has 9 heavy (non-hydrogen) atoms. The number of alkyl halides is 4. The molecule has 0 aliphatic carbocycles. The van der Waals surface area contributed by atoms with Crippen LogP contribution < -0.4 is 5.73 Å². The Balaban J connectivity index is 3.68. The molecule has 0 aliphatic rings. The summed E-state index contributed by atoms with van der Waals surface area (Å²) in [5.41, 5.74) is 4.61. The summed E-state index contributed by atoms with van der Waals surface area (Å²) in [7, 11) is 0. The summed E-state index contributed by atoms with van der Waals surface area (Å²) in [5, 5.41) is 0. The van der Waals surface area contributed by atoms with E-state index in [1.807, 2.05) is 0 Å². The van der Waals surface area contributed by atoms with E-state index in [9.17, 15) is 17.6 Å². The Bertz CT molecular complexity index is 67.0. The molecule has 0 unspecified atom stereocenters. The zero-order chi connectivity index (χ0) is 7.44. The van der Waals surface area contributed by atoms with Crippen molar-refractivity contribution in [3.8, 4) is 0 Å². The fraction of sp³-hybridized carbons (Fsp3) is 1.00. The highest BCUT2D eigenvalue weighted by Crippen LogP contribution is 2.16. The lowest BCUT2D eigenvalue weighted by molar-refractivity contribution is -0.0214. The molecule has 2 N–H and O–H groups in total. The van der Waals surface area contributed by atoms with Crippen LogP contribution in [-0.2, 0) is 0 Å². The molecule has 1 nitrogen and oxygen atoms in total.